The number of hydrogen-bond donors (Lipinski definition) is 2. The highest BCUT2D eigenvalue weighted by Crippen LogP contribution is 2.30. The zero-order chi connectivity index (χ0) is 9.42. The lowest BCUT2D eigenvalue weighted by Crippen LogP contribution is -2.17. The van der Waals surface area contributed by atoms with E-state index in [1.807, 2.05) is 6.92 Å². The number of nitrogen functional groups attached to an aromatic ring is 1. The molecule has 1 aromatic rings. The summed E-state index contributed by atoms with van der Waals surface area (Å²) in [7, 11) is 0. The molecule has 4 N–H and O–H groups in total. The first kappa shape index (κ1) is 8.57. The number of hydrogen-bond acceptors (Lipinski definition) is 2. The van der Waals surface area contributed by atoms with Crippen molar-refractivity contribution in [1.82, 2.24) is 0 Å². The van der Waals surface area contributed by atoms with Crippen molar-refractivity contribution in [3.63, 3.8) is 0 Å². The third-order valence-corrected chi connectivity index (χ3v) is 2.89. The summed E-state index contributed by atoms with van der Waals surface area (Å²) >= 11 is 0. The maximum absolute atomic E-state index is 6.02. The molecule has 1 aromatic carbocycles. The number of anilines is 1. The molecular weight excluding hydrogens is 160 g/mol. The topological polar surface area (TPSA) is 52.0 Å². The Kier molecular flexibility index (Phi) is 2.00. The van der Waals surface area contributed by atoms with Crippen LogP contribution in [-0.4, -0.2) is 0 Å². The first-order valence-electron chi connectivity index (χ1n) is 4.83. The second-order valence-corrected chi connectivity index (χ2v) is 3.91. The molecule has 1 atom stereocenters. The Morgan fingerprint density at radius 3 is 2.92 bits per heavy atom. The summed E-state index contributed by atoms with van der Waals surface area (Å²) in [6, 6.07) is 4.46. The molecule has 2 rings (SSSR count). The van der Waals surface area contributed by atoms with Crippen molar-refractivity contribution in [3.05, 3.63) is 28.8 Å². The van der Waals surface area contributed by atoms with Gasteiger partial charge < -0.3 is 11.5 Å². The van der Waals surface area contributed by atoms with Gasteiger partial charge in [0, 0.05) is 11.7 Å². The van der Waals surface area contributed by atoms with Gasteiger partial charge in [-0.2, -0.15) is 0 Å². The Labute approximate surface area is 78.9 Å². The monoisotopic (exact) mass is 176 g/mol. The SMILES string of the molecule is Cc1cc2c(cc1N)CCC[C@H]2N. The minimum absolute atomic E-state index is 0.225. The van der Waals surface area contributed by atoms with Gasteiger partial charge in [0.15, 0.2) is 0 Å². The summed E-state index contributed by atoms with van der Waals surface area (Å²) in [5.74, 6) is 0. The molecule has 0 radical (unpaired) electrons. The molecule has 1 aliphatic carbocycles. The van der Waals surface area contributed by atoms with E-state index in [1.165, 1.54) is 17.5 Å². The third-order valence-electron chi connectivity index (χ3n) is 2.89. The zero-order valence-corrected chi connectivity index (χ0v) is 8.01. The summed E-state index contributed by atoms with van der Waals surface area (Å²) in [5, 5.41) is 0. The zero-order valence-electron chi connectivity index (χ0n) is 8.01. The van der Waals surface area contributed by atoms with E-state index in [2.05, 4.69) is 12.1 Å². The summed E-state index contributed by atoms with van der Waals surface area (Å²) in [6.07, 6.45) is 3.43. The standard InChI is InChI=1S/C11H16N2/c1-7-5-9-8(6-11(7)13)3-2-4-10(9)12/h5-6,10H,2-4,12-13H2,1H3/t10-/m1/s1. The molecule has 70 valence electrons. The quantitative estimate of drug-likeness (QED) is 0.593. The largest absolute Gasteiger partial charge is 0.399 e. The van der Waals surface area contributed by atoms with Crippen LogP contribution in [0.25, 0.3) is 0 Å². The molecule has 2 heteroatoms. The molecule has 0 saturated heterocycles. The lowest BCUT2D eigenvalue weighted by Gasteiger charge is -2.23. The number of rotatable bonds is 0. The van der Waals surface area contributed by atoms with Crippen molar-refractivity contribution in [2.24, 2.45) is 5.73 Å². The van der Waals surface area contributed by atoms with Crippen LogP contribution in [0.5, 0.6) is 0 Å². The molecule has 0 unspecified atom stereocenters. The van der Waals surface area contributed by atoms with Gasteiger partial charge in [-0.25, -0.2) is 0 Å². The smallest absolute Gasteiger partial charge is 0.0346 e. The van der Waals surface area contributed by atoms with E-state index in [1.54, 1.807) is 0 Å². The van der Waals surface area contributed by atoms with Gasteiger partial charge in [0.2, 0.25) is 0 Å². The van der Waals surface area contributed by atoms with E-state index >= 15 is 0 Å². The summed E-state index contributed by atoms with van der Waals surface area (Å²) in [4.78, 5) is 0. The molecular formula is C11H16N2. The minimum Gasteiger partial charge on any atom is -0.399 e. The second kappa shape index (κ2) is 3.04. The van der Waals surface area contributed by atoms with Crippen LogP contribution in [0.1, 0.15) is 35.6 Å². The highest BCUT2D eigenvalue weighted by atomic mass is 14.6. The number of aryl methyl sites for hydroxylation is 2. The van der Waals surface area contributed by atoms with Crippen molar-refractivity contribution in [2.75, 3.05) is 5.73 Å². The van der Waals surface area contributed by atoms with Crippen LogP contribution >= 0.6 is 0 Å². The van der Waals surface area contributed by atoms with Gasteiger partial charge in [-0.05, 0) is 48.9 Å². The van der Waals surface area contributed by atoms with E-state index in [0.717, 1.165) is 24.1 Å². The van der Waals surface area contributed by atoms with Crippen LogP contribution in [-0.2, 0) is 6.42 Å². The molecule has 0 aliphatic heterocycles. The Morgan fingerprint density at radius 1 is 1.38 bits per heavy atom. The van der Waals surface area contributed by atoms with Gasteiger partial charge in [-0.1, -0.05) is 6.07 Å². The second-order valence-electron chi connectivity index (χ2n) is 3.91. The molecule has 0 fully saturated rings. The normalized spacial score (nSPS) is 21.2. The molecule has 0 heterocycles. The van der Waals surface area contributed by atoms with Gasteiger partial charge >= 0.3 is 0 Å². The first-order valence-corrected chi connectivity index (χ1v) is 4.83. The number of benzene rings is 1. The number of nitrogens with two attached hydrogens (primary N) is 2. The lowest BCUT2D eigenvalue weighted by atomic mass is 9.87. The van der Waals surface area contributed by atoms with Gasteiger partial charge in [-0.3, -0.25) is 0 Å². The Balaban J connectivity index is 2.52. The number of fused-ring (bicyclic) bond motifs is 1. The van der Waals surface area contributed by atoms with Gasteiger partial charge in [0.05, 0.1) is 0 Å². The van der Waals surface area contributed by atoms with Crippen LogP contribution in [0.3, 0.4) is 0 Å². The van der Waals surface area contributed by atoms with Crippen molar-refractivity contribution in [3.8, 4) is 0 Å². The van der Waals surface area contributed by atoms with Crippen molar-refractivity contribution >= 4 is 5.69 Å². The van der Waals surface area contributed by atoms with Gasteiger partial charge in [-0.15, -0.1) is 0 Å². The molecule has 0 amide bonds. The molecule has 2 nitrogen and oxygen atoms in total. The Morgan fingerprint density at radius 2 is 2.15 bits per heavy atom. The van der Waals surface area contributed by atoms with E-state index in [9.17, 15) is 0 Å². The average Bonchev–Trinajstić information content (AvgIpc) is 2.09. The van der Waals surface area contributed by atoms with Crippen LogP contribution in [0.2, 0.25) is 0 Å². The first-order chi connectivity index (χ1) is 6.18. The van der Waals surface area contributed by atoms with Crippen LogP contribution in [0.4, 0.5) is 5.69 Å². The highest BCUT2D eigenvalue weighted by Gasteiger charge is 2.17. The van der Waals surface area contributed by atoms with E-state index < -0.39 is 0 Å². The Hall–Kier alpha value is -1.02. The van der Waals surface area contributed by atoms with Gasteiger partial charge in [0.25, 0.3) is 0 Å². The molecule has 0 saturated carbocycles. The molecule has 0 spiro atoms. The van der Waals surface area contributed by atoms with Crippen molar-refractivity contribution in [2.45, 2.75) is 32.2 Å². The van der Waals surface area contributed by atoms with E-state index in [-0.39, 0.29) is 6.04 Å². The van der Waals surface area contributed by atoms with E-state index in [4.69, 9.17) is 11.5 Å². The maximum Gasteiger partial charge on any atom is 0.0346 e. The fraction of sp³-hybridized carbons (Fsp3) is 0.455. The predicted molar refractivity (Wildman–Crippen MR) is 55.5 cm³/mol. The van der Waals surface area contributed by atoms with Crippen LogP contribution in [0, 0.1) is 6.92 Å². The molecule has 13 heavy (non-hydrogen) atoms. The van der Waals surface area contributed by atoms with Crippen molar-refractivity contribution < 1.29 is 0 Å². The van der Waals surface area contributed by atoms with Gasteiger partial charge in [0.1, 0.15) is 0 Å². The third kappa shape index (κ3) is 1.42. The predicted octanol–water partition coefficient (Wildman–Crippen LogP) is 1.91. The summed E-state index contributed by atoms with van der Waals surface area (Å²) in [5.41, 5.74) is 16.6. The fourth-order valence-corrected chi connectivity index (χ4v) is 2.02. The molecule has 1 aliphatic rings. The van der Waals surface area contributed by atoms with Crippen LogP contribution in [0.15, 0.2) is 12.1 Å². The minimum atomic E-state index is 0.225. The highest BCUT2D eigenvalue weighted by molar-refractivity contribution is 5.52. The van der Waals surface area contributed by atoms with E-state index in [0.29, 0.717) is 0 Å². The summed E-state index contributed by atoms with van der Waals surface area (Å²) < 4.78 is 0. The summed E-state index contributed by atoms with van der Waals surface area (Å²) in [6.45, 7) is 2.04. The fourth-order valence-electron chi connectivity index (χ4n) is 2.02. The van der Waals surface area contributed by atoms with Crippen molar-refractivity contribution in [1.29, 1.82) is 0 Å². The molecule has 0 bridgehead atoms. The lowest BCUT2D eigenvalue weighted by molar-refractivity contribution is 0.570. The van der Waals surface area contributed by atoms with Crippen LogP contribution < -0.4 is 11.5 Å². The maximum atomic E-state index is 6.02. The Bertz CT molecular complexity index is 331. The molecule has 0 aromatic heterocycles. The average molecular weight is 176 g/mol.